The van der Waals surface area contributed by atoms with Crippen molar-refractivity contribution < 1.29 is 28.7 Å². The third kappa shape index (κ3) is 16.6. The Bertz CT molecular complexity index is 959. The zero-order valence-electron chi connectivity index (χ0n) is 22.5. The Kier molecular flexibility index (Phi) is 17.9. The molecule has 0 spiro atoms. The van der Waals surface area contributed by atoms with Gasteiger partial charge in [-0.1, -0.05) is 28.1 Å². The number of hydrogen-bond donors (Lipinski definition) is 7. The SMILES string of the molecule is NCCOCCOCCNC(=O)CCC(=O)N[C@@H](Cc1ccc(Br)cc1)C(=O)N[C@@H](CCCN=C(N)N)C(N)=O. The summed E-state index contributed by atoms with van der Waals surface area (Å²) < 4.78 is 11.4. The molecule has 40 heavy (non-hydrogen) atoms. The number of nitrogens with one attached hydrogen (secondary N) is 3. The molecule has 1 aromatic rings. The first-order valence-corrected chi connectivity index (χ1v) is 13.7. The number of carbonyl (C=O) groups is 4. The van der Waals surface area contributed by atoms with Gasteiger partial charge in [0.1, 0.15) is 12.1 Å². The maximum Gasteiger partial charge on any atom is 0.243 e. The number of hydrogen-bond acceptors (Lipinski definition) is 8. The van der Waals surface area contributed by atoms with Gasteiger partial charge in [-0.3, -0.25) is 24.2 Å². The van der Waals surface area contributed by atoms with E-state index in [1.54, 1.807) is 12.1 Å². The van der Waals surface area contributed by atoms with Crippen LogP contribution in [0.2, 0.25) is 0 Å². The van der Waals surface area contributed by atoms with Crippen LogP contribution in [-0.4, -0.2) is 87.7 Å². The van der Waals surface area contributed by atoms with Crippen molar-refractivity contribution in [1.29, 1.82) is 0 Å². The standard InChI is InChI=1S/C25H41BrN8O6/c26-18-5-3-17(4-6-18)16-20(24(38)34-19(23(28)37)2-1-10-32-25(29)30)33-22(36)8-7-21(35)31-11-13-40-15-14-39-12-9-27/h3-6,19-20H,1-2,7-16,27H2,(H2,28,37)(H,31,35)(H,33,36)(H,34,38)(H4,29,30,32)/t19-,20-/m0/s1. The van der Waals surface area contributed by atoms with Gasteiger partial charge in [-0.25, -0.2) is 0 Å². The summed E-state index contributed by atoms with van der Waals surface area (Å²) in [5.41, 5.74) is 22.2. The van der Waals surface area contributed by atoms with Gasteiger partial charge in [0.15, 0.2) is 5.96 Å². The van der Waals surface area contributed by atoms with E-state index in [1.807, 2.05) is 12.1 Å². The maximum absolute atomic E-state index is 13.1. The highest BCUT2D eigenvalue weighted by Gasteiger charge is 2.26. The molecule has 0 saturated heterocycles. The Morgan fingerprint density at radius 2 is 1.52 bits per heavy atom. The number of guanidine groups is 1. The first-order chi connectivity index (χ1) is 19.1. The summed E-state index contributed by atoms with van der Waals surface area (Å²) in [6.07, 6.45) is 0.552. The molecule has 0 aromatic heterocycles. The van der Waals surface area contributed by atoms with E-state index in [4.69, 9.17) is 32.4 Å². The molecule has 0 bridgehead atoms. The van der Waals surface area contributed by atoms with Crippen molar-refractivity contribution >= 4 is 45.5 Å². The van der Waals surface area contributed by atoms with Gasteiger partial charge in [0.05, 0.1) is 26.4 Å². The van der Waals surface area contributed by atoms with Crippen LogP contribution in [0.4, 0.5) is 0 Å². The molecule has 4 amide bonds. The Hall–Kier alpha value is -3.27. The summed E-state index contributed by atoms with van der Waals surface area (Å²) in [6, 6.07) is 5.23. The molecule has 224 valence electrons. The smallest absolute Gasteiger partial charge is 0.243 e. The lowest BCUT2D eigenvalue weighted by molar-refractivity contribution is -0.132. The first kappa shape index (κ1) is 34.8. The quantitative estimate of drug-likeness (QED) is 0.0470. The van der Waals surface area contributed by atoms with Crippen molar-refractivity contribution in [2.75, 3.05) is 46.1 Å². The van der Waals surface area contributed by atoms with E-state index >= 15 is 0 Å². The molecule has 15 heteroatoms. The molecule has 0 unspecified atom stereocenters. The number of rotatable bonds is 21. The average Bonchev–Trinajstić information content (AvgIpc) is 2.91. The third-order valence-electron chi connectivity index (χ3n) is 5.39. The monoisotopic (exact) mass is 628 g/mol. The fourth-order valence-corrected chi connectivity index (χ4v) is 3.64. The van der Waals surface area contributed by atoms with Crippen molar-refractivity contribution in [3.63, 3.8) is 0 Å². The van der Waals surface area contributed by atoms with E-state index < -0.39 is 29.8 Å². The van der Waals surface area contributed by atoms with E-state index in [1.165, 1.54) is 0 Å². The molecule has 0 aliphatic heterocycles. The highest BCUT2D eigenvalue weighted by Crippen LogP contribution is 2.12. The van der Waals surface area contributed by atoms with Crippen molar-refractivity contribution in [2.24, 2.45) is 27.9 Å². The number of ether oxygens (including phenoxy) is 2. The topological polar surface area (TPSA) is 239 Å². The van der Waals surface area contributed by atoms with Gasteiger partial charge in [0.25, 0.3) is 0 Å². The van der Waals surface area contributed by atoms with E-state index in [2.05, 4.69) is 36.9 Å². The molecule has 0 heterocycles. The highest BCUT2D eigenvalue weighted by atomic mass is 79.9. The van der Waals surface area contributed by atoms with Crippen LogP contribution in [0.25, 0.3) is 0 Å². The largest absolute Gasteiger partial charge is 0.378 e. The molecule has 0 aliphatic rings. The van der Waals surface area contributed by atoms with Crippen LogP contribution >= 0.6 is 15.9 Å². The Balaban J connectivity index is 2.64. The average molecular weight is 630 g/mol. The van der Waals surface area contributed by atoms with Gasteiger partial charge in [0, 0.05) is 43.4 Å². The Morgan fingerprint density at radius 1 is 0.875 bits per heavy atom. The van der Waals surface area contributed by atoms with Gasteiger partial charge in [-0.2, -0.15) is 0 Å². The fraction of sp³-hybridized carbons (Fsp3) is 0.560. The summed E-state index contributed by atoms with van der Waals surface area (Å²) in [6.45, 7) is 2.54. The summed E-state index contributed by atoms with van der Waals surface area (Å²) in [4.78, 5) is 53.6. The minimum absolute atomic E-state index is 0.0766. The minimum Gasteiger partial charge on any atom is -0.378 e. The zero-order valence-corrected chi connectivity index (χ0v) is 24.1. The molecule has 0 saturated carbocycles. The van der Waals surface area contributed by atoms with E-state index in [9.17, 15) is 19.2 Å². The lowest BCUT2D eigenvalue weighted by Crippen LogP contribution is -2.53. The van der Waals surface area contributed by atoms with Crippen molar-refractivity contribution in [3.05, 3.63) is 34.3 Å². The number of nitrogens with two attached hydrogens (primary N) is 4. The molecule has 11 N–H and O–H groups in total. The first-order valence-electron chi connectivity index (χ1n) is 12.9. The molecular weight excluding hydrogens is 588 g/mol. The van der Waals surface area contributed by atoms with Crippen LogP contribution in [0.5, 0.6) is 0 Å². The number of halogens is 1. The second-order valence-corrected chi connectivity index (χ2v) is 9.64. The number of carbonyl (C=O) groups excluding carboxylic acids is 4. The van der Waals surface area contributed by atoms with Crippen LogP contribution in [0, 0.1) is 0 Å². The number of nitrogens with zero attached hydrogens (tertiary/aromatic N) is 1. The lowest BCUT2D eigenvalue weighted by Gasteiger charge is -2.22. The fourth-order valence-electron chi connectivity index (χ4n) is 3.38. The Labute approximate surface area is 242 Å². The van der Waals surface area contributed by atoms with Gasteiger partial charge < -0.3 is 48.4 Å². The molecule has 0 fully saturated rings. The van der Waals surface area contributed by atoms with Crippen LogP contribution in [0.1, 0.15) is 31.2 Å². The van der Waals surface area contributed by atoms with Crippen molar-refractivity contribution in [2.45, 2.75) is 44.2 Å². The number of primary amides is 1. The minimum atomic E-state index is -1.01. The van der Waals surface area contributed by atoms with Gasteiger partial charge in [-0.15, -0.1) is 0 Å². The second-order valence-electron chi connectivity index (χ2n) is 8.73. The maximum atomic E-state index is 13.1. The van der Waals surface area contributed by atoms with Gasteiger partial charge in [-0.05, 0) is 30.5 Å². The van der Waals surface area contributed by atoms with Gasteiger partial charge >= 0.3 is 0 Å². The molecule has 0 aliphatic carbocycles. The van der Waals surface area contributed by atoms with Crippen LogP contribution in [0.15, 0.2) is 33.7 Å². The van der Waals surface area contributed by atoms with Crippen LogP contribution in [-0.2, 0) is 35.1 Å². The number of benzene rings is 1. The van der Waals surface area contributed by atoms with Crippen LogP contribution in [0.3, 0.4) is 0 Å². The van der Waals surface area contributed by atoms with Crippen molar-refractivity contribution in [3.8, 4) is 0 Å². The molecule has 1 aromatic carbocycles. The number of aliphatic imine (C=N–C) groups is 1. The lowest BCUT2D eigenvalue weighted by atomic mass is 10.0. The van der Waals surface area contributed by atoms with E-state index in [0.717, 1.165) is 10.0 Å². The molecular formula is C25H41BrN8O6. The summed E-state index contributed by atoms with van der Waals surface area (Å²) >= 11 is 3.36. The Morgan fingerprint density at radius 3 is 2.15 bits per heavy atom. The molecule has 1 rings (SSSR count). The third-order valence-corrected chi connectivity index (χ3v) is 5.92. The van der Waals surface area contributed by atoms with Crippen LogP contribution < -0.4 is 38.9 Å². The van der Waals surface area contributed by atoms with E-state index in [0.29, 0.717) is 39.4 Å². The summed E-state index contributed by atoms with van der Waals surface area (Å²) in [7, 11) is 0. The normalized spacial score (nSPS) is 12.2. The predicted molar refractivity (Wildman–Crippen MR) is 154 cm³/mol. The number of amides is 4. The predicted octanol–water partition coefficient (Wildman–Crippen LogP) is -1.61. The summed E-state index contributed by atoms with van der Waals surface area (Å²) in [5.74, 6) is -2.22. The molecule has 2 atom stereocenters. The molecule has 14 nitrogen and oxygen atoms in total. The zero-order chi connectivity index (χ0) is 29.8. The highest BCUT2D eigenvalue weighted by molar-refractivity contribution is 9.10. The van der Waals surface area contributed by atoms with Gasteiger partial charge in [0.2, 0.25) is 23.6 Å². The summed E-state index contributed by atoms with van der Waals surface area (Å²) in [5, 5.41) is 7.94. The van der Waals surface area contributed by atoms with Crippen molar-refractivity contribution in [1.82, 2.24) is 16.0 Å². The van der Waals surface area contributed by atoms with E-state index in [-0.39, 0.29) is 50.6 Å². The second kappa shape index (κ2) is 20.6. The molecule has 0 radical (unpaired) electrons.